The van der Waals surface area contributed by atoms with E-state index in [-0.39, 0.29) is 11.8 Å². The highest BCUT2D eigenvalue weighted by atomic mass is 35.5. The van der Waals surface area contributed by atoms with Crippen LogP contribution in [0, 0.1) is 5.92 Å². The number of carbonyl (C=O) groups is 1. The number of hydrogen-bond donors (Lipinski definition) is 1. The van der Waals surface area contributed by atoms with Crippen LogP contribution in [0.4, 0.5) is 5.82 Å². The molecule has 0 spiro atoms. The van der Waals surface area contributed by atoms with Gasteiger partial charge in [-0.05, 0) is 11.6 Å². The van der Waals surface area contributed by atoms with Crippen molar-refractivity contribution in [3.05, 3.63) is 63.5 Å². The van der Waals surface area contributed by atoms with Gasteiger partial charge < -0.3 is 5.32 Å². The predicted molar refractivity (Wildman–Crippen MR) is 103 cm³/mol. The Morgan fingerprint density at radius 2 is 1.92 bits per heavy atom. The summed E-state index contributed by atoms with van der Waals surface area (Å²) >= 11 is 18.2. The zero-order valence-corrected chi connectivity index (χ0v) is 16.1. The second kappa shape index (κ2) is 8.12. The summed E-state index contributed by atoms with van der Waals surface area (Å²) in [6.07, 6.45) is 4.84. The molecule has 0 aliphatic carbocycles. The summed E-state index contributed by atoms with van der Waals surface area (Å²) in [6, 6.07) is 7.49. The van der Waals surface area contributed by atoms with Gasteiger partial charge >= 0.3 is 0 Å². The molecular formula is C17H16Cl3N5O. The quantitative estimate of drug-likeness (QED) is 0.654. The van der Waals surface area contributed by atoms with Crippen LogP contribution in [0.25, 0.3) is 0 Å². The summed E-state index contributed by atoms with van der Waals surface area (Å²) in [7, 11) is 0. The van der Waals surface area contributed by atoms with Crippen LogP contribution in [0.3, 0.4) is 0 Å². The second-order valence-electron chi connectivity index (χ2n) is 5.89. The first-order valence-corrected chi connectivity index (χ1v) is 9.01. The molecule has 136 valence electrons. The third-order valence-corrected chi connectivity index (χ3v) is 4.60. The average Bonchev–Trinajstić information content (AvgIpc) is 3.15. The van der Waals surface area contributed by atoms with E-state index >= 15 is 0 Å². The number of halogens is 3. The van der Waals surface area contributed by atoms with E-state index in [1.54, 1.807) is 28.7 Å². The van der Waals surface area contributed by atoms with E-state index in [0.29, 0.717) is 34.0 Å². The van der Waals surface area contributed by atoms with Gasteiger partial charge in [0, 0.05) is 17.4 Å². The van der Waals surface area contributed by atoms with Crippen molar-refractivity contribution in [1.82, 2.24) is 19.6 Å². The Hall–Kier alpha value is -2.02. The molecule has 9 heteroatoms. The van der Waals surface area contributed by atoms with Gasteiger partial charge in [-0.15, -0.1) is 0 Å². The highest BCUT2D eigenvalue weighted by molar-refractivity contribution is 6.33. The lowest BCUT2D eigenvalue weighted by Crippen LogP contribution is -2.25. The van der Waals surface area contributed by atoms with E-state index < -0.39 is 0 Å². The molecule has 3 rings (SSSR count). The van der Waals surface area contributed by atoms with Crippen molar-refractivity contribution in [2.24, 2.45) is 5.92 Å². The Kier molecular flexibility index (Phi) is 5.86. The summed E-state index contributed by atoms with van der Waals surface area (Å²) in [6.45, 7) is 2.65. The molecular weight excluding hydrogens is 397 g/mol. The van der Waals surface area contributed by atoms with Crippen LogP contribution in [0.1, 0.15) is 12.5 Å². The van der Waals surface area contributed by atoms with Gasteiger partial charge in [0.2, 0.25) is 5.91 Å². The van der Waals surface area contributed by atoms with Gasteiger partial charge in [-0.1, -0.05) is 59.9 Å². The van der Waals surface area contributed by atoms with Crippen LogP contribution in [0.15, 0.2) is 42.9 Å². The van der Waals surface area contributed by atoms with Gasteiger partial charge in [-0.2, -0.15) is 10.2 Å². The minimum absolute atomic E-state index is 0.207. The fraction of sp³-hybridized carbons (Fsp3) is 0.235. The van der Waals surface area contributed by atoms with Gasteiger partial charge in [-0.25, -0.2) is 0 Å². The van der Waals surface area contributed by atoms with Crippen molar-refractivity contribution in [2.45, 2.75) is 20.0 Å². The molecule has 6 nitrogen and oxygen atoms in total. The van der Waals surface area contributed by atoms with Crippen molar-refractivity contribution in [2.75, 3.05) is 5.32 Å². The SMILES string of the molecule is CC(Cn1cc(Cl)cn1)C(=O)Nc1nn(Cc2ccccc2Cl)cc1Cl. The maximum Gasteiger partial charge on any atom is 0.230 e. The molecule has 1 amide bonds. The van der Waals surface area contributed by atoms with Crippen LogP contribution in [0.5, 0.6) is 0 Å². The van der Waals surface area contributed by atoms with E-state index in [1.807, 2.05) is 24.3 Å². The Morgan fingerprint density at radius 3 is 2.62 bits per heavy atom. The summed E-state index contributed by atoms with van der Waals surface area (Å²) in [4.78, 5) is 12.4. The molecule has 0 aliphatic rings. The topological polar surface area (TPSA) is 64.7 Å². The van der Waals surface area contributed by atoms with E-state index in [2.05, 4.69) is 15.5 Å². The third-order valence-electron chi connectivity index (χ3n) is 3.76. The number of rotatable bonds is 6. The maximum atomic E-state index is 12.4. The Labute approximate surface area is 165 Å². The van der Waals surface area contributed by atoms with E-state index in [0.717, 1.165) is 5.56 Å². The Bertz CT molecular complexity index is 921. The van der Waals surface area contributed by atoms with E-state index in [9.17, 15) is 4.79 Å². The fourth-order valence-electron chi connectivity index (χ4n) is 2.41. The highest BCUT2D eigenvalue weighted by Crippen LogP contribution is 2.22. The normalized spacial score (nSPS) is 12.2. The minimum Gasteiger partial charge on any atom is -0.308 e. The first-order valence-electron chi connectivity index (χ1n) is 7.87. The maximum absolute atomic E-state index is 12.4. The number of anilines is 1. The van der Waals surface area contributed by atoms with Gasteiger partial charge in [0.25, 0.3) is 0 Å². The van der Waals surface area contributed by atoms with Crippen molar-refractivity contribution in [3.8, 4) is 0 Å². The largest absolute Gasteiger partial charge is 0.308 e. The molecule has 1 unspecified atom stereocenters. The van der Waals surface area contributed by atoms with Crippen LogP contribution in [-0.4, -0.2) is 25.5 Å². The Morgan fingerprint density at radius 1 is 1.15 bits per heavy atom. The van der Waals surface area contributed by atoms with Gasteiger partial charge in [0.15, 0.2) is 5.82 Å². The number of benzene rings is 1. The molecule has 26 heavy (non-hydrogen) atoms. The van der Waals surface area contributed by atoms with Crippen molar-refractivity contribution >= 4 is 46.5 Å². The summed E-state index contributed by atoms with van der Waals surface area (Å²) in [5.74, 6) is -0.230. The lowest BCUT2D eigenvalue weighted by Gasteiger charge is -2.11. The van der Waals surface area contributed by atoms with Crippen LogP contribution in [-0.2, 0) is 17.9 Å². The molecule has 2 heterocycles. The summed E-state index contributed by atoms with van der Waals surface area (Å²) in [5.41, 5.74) is 0.912. The van der Waals surface area contributed by atoms with Crippen molar-refractivity contribution in [1.29, 1.82) is 0 Å². The average molecular weight is 413 g/mol. The summed E-state index contributed by atoms with van der Waals surface area (Å²) in [5, 5.41) is 12.7. The number of amides is 1. The number of hydrogen-bond acceptors (Lipinski definition) is 3. The van der Waals surface area contributed by atoms with Gasteiger partial charge in [0.1, 0.15) is 5.02 Å². The number of nitrogens with one attached hydrogen (secondary N) is 1. The first-order chi connectivity index (χ1) is 12.4. The molecule has 0 saturated heterocycles. The summed E-state index contributed by atoms with van der Waals surface area (Å²) < 4.78 is 3.25. The number of nitrogens with zero attached hydrogens (tertiary/aromatic N) is 4. The van der Waals surface area contributed by atoms with Crippen LogP contribution in [0.2, 0.25) is 15.1 Å². The molecule has 2 aromatic heterocycles. The van der Waals surface area contributed by atoms with Gasteiger partial charge in [0.05, 0.1) is 30.2 Å². The van der Waals surface area contributed by atoms with E-state index in [4.69, 9.17) is 34.8 Å². The lowest BCUT2D eigenvalue weighted by molar-refractivity contribution is -0.119. The molecule has 1 atom stereocenters. The lowest BCUT2D eigenvalue weighted by atomic mass is 10.1. The van der Waals surface area contributed by atoms with Crippen molar-refractivity contribution < 1.29 is 4.79 Å². The molecule has 3 aromatic rings. The smallest absolute Gasteiger partial charge is 0.230 e. The first kappa shape index (κ1) is 18.8. The van der Waals surface area contributed by atoms with Crippen molar-refractivity contribution in [3.63, 3.8) is 0 Å². The molecule has 0 radical (unpaired) electrons. The third kappa shape index (κ3) is 4.58. The highest BCUT2D eigenvalue weighted by Gasteiger charge is 2.18. The van der Waals surface area contributed by atoms with E-state index in [1.165, 1.54) is 6.20 Å². The molecule has 1 aromatic carbocycles. The fourth-order valence-corrected chi connectivity index (χ4v) is 2.95. The Balaban J connectivity index is 1.65. The van der Waals surface area contributed by atoms with Crippen LogP contribution < -0.4 is 5.32 Å². The zero-order valence-electron chi connectivity index (χ0n) is 13.9. The number of carbonyl (C=O) groups excluding carboxylic acids is 1. The van der Waals surface area contributed by atoms with Gasteiger partial charge in [-0.3, -0.25) is 14.2 Å². The standard InChI is InChI=1S/C17H16Cl3N5O/c1-11(7-24-9-13(18)6-21-24)17(26)22-16-15(20)10-25(23-16)8-12-4-2-3-5-14(12)19/h2-6,9-11H,7-8H2,1H3,(H,22,23,26). The molecule has 0 bridgehead atoms. The predicted octanol–water partition coefficient (Wildman–Crippen LogP) is 4.36. The minimum atomic E-state index is -0.337. The molecule has 0 fully saturated rings. The molecule has 0 aliphatic heterocycles. The second-order valence-corrected chi connectivity index (χ2v) is 7.14. The molecule has 1 N–H and O–H groups in total. The van der Waals surface area contributed by atoms with Crippen LogP contribution >= 0.6 is 34.8 Å². The number of aromatic nitrogens is 4. The monoisotopic (exact) mass is 411 g/mol. The molecule has 0 saturated carbocycles. The zero-order chi connectivity index (χ0) is 18.7.